The van der Waals surface area contributed by atoms with Crippen molar-refractivity contribution in [3.05, 3.63) is 242 Å². The molecule has 85 heavy (non-hydrogen) atoms. The summed E-state index contributed by atoms with van der Waals surface area (Å²) in [7, 11) is 0. The zero-order valence-electron chi connectivity index (χ0n) is 45.9. The van der Waals surface area contributed by atoms with E-state index < -0.39 is 0 Å². The lowest BCUT2D eigenvalue weighted by Crippen LogP contribution is -2.15. The van der Waals surface area contributed by atoms with Crippen molar-refractivity contribution in [2.45, 2.75) is 19.3 Å². The van der Waals surface area contributed by atoms with Crippen molar-refractivity contribution >= 4 is 120 Å². The van der Waals surface area contributed by atoms with Crippen LogP contribution in [0.2, 0.25) is 0 Å². The molecular formula is C77H44N4O4. The molecule has 1 aliphatic carbocycles. The van der Waals surface area contributed by atoms with Crippen molar-refractivity contribution in [2.75, 3.05) is 0 Å². The molecule has 8 nitrogen and oxygen atoms in total. The summed E-state index contributed by atoms with van der Waals surface area (Å²) in [6.07, 6.45) is 1.86. The summed E-state index contributed by atoms with van der Waals surface area (Å²) in [5.74, 6) is 0. The van der Waals surface area contributed by atoms with E-state index in [-0.39, 0.29) is 5.41 Å². The van der Waals surface area contributed by atoms with E-state index in [4.69, 9.17) is 37.6 Å². The van der Waals surface area contributed by atoms with Gasteiger partial charge >= 0.3 is 0 Å². The second-order valence-electron chi connectivity index (χ2n) is 23.2. The van der Waals surface area contributed by atoms with Crippen LogP contribution in [0.25, 0.3) is 188 Å². The molecule has 0 amide bonds. The topological polar surface area (TPSA) is 104 Å². The van der Waals surface area contributed by atoms with Crippen LogP contribution in [-0.4, -0.2) is 19.9 Å². The molecule has 0 atom stereocenters. The van der Waals surface area contributed by atoms with Gasteiger partial charge in [0.25, 0.3) is 0 Å². The fraction of sp³-hybridized carbons (Fsp3) is 0.0390. The fourth-order valence-corrected chi connectivity index (χ4v) is 13.9. The first-order valence-corrected chi connectivity index (χ1v) is 28.7. The van der Waals surface area contributed by atoms with Crippen LogP contribution in [-0.2, 0) is 5.41 Å². The Bertz CT molecular complexity index is 5960. The molecule has 1 aliphatic rings. The minimum atomic E-state index is -0.168. The van der Waals surface area contributed by atoms with Gasteiger partial charge in [-0.15, -0.1) is 0 Å². The highest BCUT2D eigenvalue weighted by Crippen LogP contribution is 2.50. The number of benzene rings is 10. The maximum atomic E-state index is 6.95. The number of para-hydroxylation sites is 3. The average molecular weight is 1090 g/mol. The van der Waals surface area contributed by atoms with Crippen molar-refractivity contribution < 1.29 is 17.7 Å². The normalized spacial score (nSPS) is 13.2. The SMILES string of the molecule is CC1(C)c2cccnc2-c2nc(-c3ccc(-c4cc5c(oc6cccc(-c7ccc8ccc9ccc(-c%10ccc%11cc(-c%12cc%13c%14ccccc%14oc%13c%13c%12oc%12ccccc%12%13)ccc%11c%10)nc9c8n7)c65)c5c4oc4ccccc45)cc3)ccc21. The van der Waals surface area contributed by atoms with E-state index in [2.05, 4.69) is 196 Å². The summed E-state index contributed by atoms with van der Waals surface area (Å²) in [6, 6.07) is 78.7. The Morgan fingerprint density at radius 2 is 0.812 bits per heavy atom. The summed E-state index contributed by atoms with van der Waals surface area (Å²) in [6.45, 7) is 4.50. The molecule has 0 spiro atoms. The molecule has 10 aromatic carbocycles. The molecule has 0 aliphatic heterocycles. The Morgan fingerprint density at radius 3 is 1.55 bits per heavy atom. The van der Waals surface area contributed by atoms with Crippen LogP contribution in [0.3, 0.4) is 0 Å². The van der Waals surface area contributed by atoms with Gasteiger partial charge in [-0.05, 0) is 106 Å². The molecule has 0 bridgehead atoms. The molecule has 19 rings (SSSR count). The lowest BCUT2D eigenvalue weighted by molar-refractivity contribution is 0.658. The third-order valence-corrected chi connectivity index (χ3v) is 18.1. The summed E-state index contributed by atoms with van der Waals surface area (Å²) < 4.78 is 26.9. The van der Waals surface area contributed by atoms with E-state index in [9.17, 15) is 0 Å². The van der Waals surface area contributed by atoms with Crippen LogP contribution >= 0.6 is 0 Å². The van der Waals surface area contributed by atoms with Crippen LogP contribution in [0.15, 0.2) is 248 Å². The molecule has 0 saturated carbocycles. The predicted octanol–water partition coefficient (Wildman–Crippen LogP) is 21.0. The second kappa shape index (κ2) is 16.9. The maximum Gasteiger partial charge on any atom is 0.147 e. The van der Waals surface area contributed by atoms with Gasteiger partial charge in [-0.1, -0.05) is 166 Å². The van der Waals surface area contributed by atoms with Gasteiger partial charge in [-0.2, -0.15) is 0 Å². The van der Waals surface area contributed by atoms with Gasteiger partial charge in [-0.3, -0.25) is 4.98 Å². The number of rotatable bonds is 5. The Kier molecular flexibility index (Phi) is 9.25. The Labute approximate surface area is 483 Å². The molecule has 0 fully saturated rings. The van der Waals surface area contributed by atoms with Crippen LogP contribution in [0, 0.1) is 0 Å². The molecule has 0 N–H and O–H groups in total. The highest BCUT2D eigenvalue weighted by Gasteiger charge is 2.37. The van der Waals surface area contributed by atoms with Crippen molar-refractivity contribution in [2.24, 2.45) is 0 Å². The van der Waals surface area contributed by atoms with Gasteiger partial charge in [0.2, 0.25) is 0 Å². The highest BCUT2D eigenvalue weighted by molar-refractivity contribution is 6.28. The molecule has 18 aromatic rings. The fourth-order valence-electron chi connectivity index (χ4n) is 13.9. The molecule has 8 heterocycles. The number of aromatic nitrogens is 4. The van der Waals surface area contributed by atoms with Crippen molar-refractivity contribution in [3.63, 3.8) is 0 Å². The second-order valence-corrected chi connectivity index (χ2v) is 23.2. The van der Waals surface area contributed by atoms with E-state index in [1.54, 1.807) is 0 Å². The standard InChI is InChI=1S/C77H44N4O4/c1-77(2)57-15-10-36-78-71(57)72-58(77)32-35-59(80-72)42-22-20-41(21-23-42)53-40-56-66-50(14-9-19-65(66)85-76(56)68-52-13-5-8-18-64(52)83-73(53)68)61-34-31-44-25-24-43-30-33-60(79-69(43)70(44)81-61)48-29-27-45-37-47(28-26-46(45)38-48)54-39-55-49-11-3-6-16-62(49)82-75(55)67-51-12-4-7-17-63(51)84-74(54)67/h3-40H,1-2H3. The van der Waals surface area contributed by atoms with Crippen LogP contribution in [0.1, 0.15) is 25.0 Å². The Balaban J connectivity index is 0.713. The molecule has 0 radical (unpaired) electrons. The van der Waals surface area contributed by atoms with Crippen molar-refractivity contribution in [3.8, 4) is 67.4 Å². The molecule has 8 heteroatoms. The van der Waals surface area contributed by atoms with Gasteiger partial charge < -0.3 is 17.7 Å². The van der Waals surface area contributed by atoms with E-state index >= 15 is 0 Å². The van der Waals surface area contributed by atoms with Gasteiger partial charge in [0.1, 0.15) is 44.7 Å². The largest absolute Gasteiger partial charge is 0.455 e. The van der Waals surface area contributed by atoms with Crippen molar-refractivity contribution in [1.29, 1.82) is 0 Å². The van der Waals surface area contributed by atoms with Gasteiger partial charge in [0.05, 0.1) is 50.3 Å². The lowest BCUT2D eigenvalue weighted by Gasteiger charge is -2.20. The third-order valence-electron chi connectivity index (χ3n) is 18.1. The summed E-state index contributed by atoms with van der Waals surface area (Å²) in [5, 5.41) is 12.3. The highest BCUT2D eigenvalue weighted by atomic mass is 16.4. The van der Waals surface area contributed by atoms with Crippen LogP contribution < -0.4 is 0 Å². The molecular weight excluding hydrogens is 1040 g/mol. The zero-order chi connectivity index (χ0) is 55.8. The monoisotopic (exact) mass is 1090 g/mol. The van der Waals surface area contributed by atoms with Gasteiger partial charge in [0.15, 0.2) is 0 Å². The molecule has 0 unspecified atom stereocenters. The molecule has 8 aromatic heterocycles. The van der Waals surface area contributed by atoms with Gasteiger partial charge in [-0.25, -0.2) is 15.0 Å². The van der Waals surface area contributed by atoms with Gasteiger partial charge in [0, 0.05) is 82.5 Å². The van der Waals surface area contributed by atoms with E-state index in [0.29, 0.717) is 0 Å². The Morgan fingerprint density at radius 1 is 0.306 bits per heavy atom. The van der Waals surface area contributed by atoms with Crippen LogP contribution in [0.4, 0.5) is 0 Å². The number of fused-ring (bicyclic) bond motifs is 21. The minimum absolute atomic E-state index is 0.168. The number of nitrogens with zero attached hydrogens (tertiary/aromatic N) is 4. The lowest BCUT2D eigenvalue weighted by atomic mass is 9.83. The first-order valence-electron chi connectivity index (χ1n) is 28.7. The van der Waals surface area contributed by atoms with E-state index in [1.165, 1.54) is 11.1 Å². The summed E-state index contributed by atoms with van der Waals surface area (Å²) >= 11 is 0. The van der Waals surface area contributed by atoms with E-state index in [0.717, 1.165) is 188 Å². The average Bonchev–Trinajstić information content (AvgIpc) is 1.96. The number of furan rings is 4. The first-order chi connectivity index (χ1) is 41.8. The minimum Gasteiger partial charge on any atom is -0.455 e. The number of hydrogen-bond donors (Lipinski definition) is 0. The summed E-state index contributed by atoms with van der Waals surface area (Å²) in [5.41, 5.74) is 22.0. The maximum absolute atomic E-state index is 6.95. The third kappa shape index (κ3) is 6.61. The van der Waals surface area contributed by atoms with Crippen LogP contribution in [0.5, 0.6) is 0 Å². The zero-order valence-corrected chi connectivity index (χ0v) is 45.9. The first kappa shape index (κ1) is 46.4. The molecule has 396 valence electrons. The smallest absolute Gasteiger partial charge is 0.147 e. The quantitative estimate of drug-likeness (QED) is 0.157. The number of pyridine rings is 4. The van der Waals surface area contributed by atoms with Crippen molar-refractivity contribution in [1.82, 2.24) is 19.9 Å². The Hall–Kier alpha value is -11.2. The number of hydrogen-bond acceptors (Lipinski definition) is 8. The summed E-state index contributed by atoms with van der Waals surface area (Å²) in [4.78, 5) is 21.0. The molecule has 0 saturated heterocycles. The van der Waals surface area contributed by atoms with E-state index in [1.807, 2.05) is 48.7 Å². The predicted molar refractivity (Wildman–Crippen MR) is 344 cm³/mol.